The number of carbonyl (C=O) groups is 1. The van der Waals surface area contributed by atoms with Gasteiger partial charge < -0.3 is 0 Å². The molecule has 0 aliphatic rings. The zero-order chi connectivity index (χ0) is 13.8. The summed E-state index contributed by atoms with van der Waals surface area (Å²) in [5.41, 5.74) is 3.14. The van der Waals surface area contributed by atoms with Gasteiger partial charge >= 0.3 is 0 Å². The number of pyridine rings is 1. The van der Waals surface area contributed by atoms with Gasteiger partial charge in [0.15, 0.2) is 5.78 Å². The highest BCUT2D eigenvalue weighted by Crippen LogP contribution is 2.22. The summed E-state index contributed by atoms with van der Waals surface area (Å²) < 4.78 is 0. The second-order valence-corrected chi connectivity index (χ2v) is 4.53. The summed E-state index contributed by atoms with van der Waals surface area (Å²) in [7, 11) is 0. The summed E-state index contributed by atoms with van der Waals surface area (Å²) in [5.74, 6) is -0.967. The molecule has 19 heavy (non-hydrogen) atoms. The normalized spacial score (nSPS) is 11.6. The van der Waals surface area contributed by atoms with Crippen LogP contribution in [0.1, 0.15) is 33.0 Å². The van der Waals surface area contributed by atoms with E-state index in [0.29, 0.717) is 11.1 Å². The van der Waals surface area contributed by atoms with Crippen molar-refractivity contribution in [2.45, 2.75) is 19.8 Å². The van der Waals surface area contributed by atoms with E-state index in [1.165, 1.54) is 0 Å². The Morgan fingerprint density at radius 2 is 2.11 bits per heavy atom. The van der Waals surface area contributed by atoms with E-state index in [4.69, 9.17) is 0 Å². The highest BCUT2D eigenvalue weighted by atomic mass is 16.1. The second-order valence-electron chi connectivity index (χ2n) is 4.53. The van der Waals surface area contributed by atoms with Gasteiger partial charge in [0.25, 0.3) is 0 Å². The quantitative estimate of drug-likeness (QED) is 0.786. The summed E-state index contributed by atoms with van der Waals surface area (Å²) in [6, 6.07) is 11.3. The Labute approximate surface area is 112 Å². The van der Waals surface area contributed by atoms with Crippen LogP contribution in [-0.2, 0) is 0 Å². The first-order chi connectivity index (χ1) is 9.13. The van der Waals surface area contributed by atoms with Gasteiger partial charge in [-0.3, -0.25) is 9.78 Å². The Balaban J connectivity index is 2.43. The van der Waals surface area contributed by atoms with Gasteiger partial charge in [0.2, 0.25) is 0 Å². The molecule has 1 aromatic heterocycles. The fourth-order valence-corrected chi connectivity index (χ4v) is 1.99. The van der Waals surface area contributed by atoms with Crippen LogP contribution in [0.5, 0.6) is 0 Å². The molecule has 0 saturated heterocycles. The van der Waals surface area contributed by atoms with Gasteiger partial charge in [-0.2, -0.15) is 5.26 Å². The van der Waals surface area contributed by atoms with Crippen LogP contribution in [0.15, 0.2) is 42.7 Å². The number of aryl methyl sites for hydroxylation is 2. The van der Waals surface area contributed by atoms with E-state index in [-0.39, 0.29) is 5.78 Å². The van der Waals surface area contributed by atoms with Crippen molar-refractivity contribution in [2.75, 3.05) is 0 Å². The predicted molar refractivity (Wildman–Crippen MR) is 72.8 cm³/mol. The lowest BCUT2D eigenvalue weighted by atomic mass is 9.90. The zero-order valence-corrected chi connectivity index (χ0v) is 10.9. The molecule has 2 aromatic rings. The summed E-state index contributed by atoms with van der Waals surface area (Å²) in [6.07, 6.45) is 3.19. The summed E-state index contributed by atoms with van der Waals surface area (Å²) >= 11 is 0. The van der Waals surface area contributed by atoms with Crippen molar-refractivity contribution >= 4 is 5.78 Å². The molecule has 2 rings (SSSR count). The number of nitrogens with zero attached hydrogens (tertiary/aromatic N) is 2. The number of benzene rings is 1. The van der Waals surface area contributed by atoms with E-state index in [0.717, 1.165) is 11.1 Å². The monoisotopic (exact) mass is 250 g/mol. The van der Waals surface area contributed by atoms with Gasteiger partial charge in [-0.25, -0.2) is 0 Å². The number of aromatic nitrogens is 1. The topological polar surface area (TPSA) is 53.8 Å². The maximum absolute atomic E-state index is 12.5. The minimum Gasteiger partial charge on any atom is -0.292 e. The molecule has 0 bridgehead atoms. The van der Waals surface area contributed by atoms with Crippen molar-refractivity contribution in [1.29, 1.82) is 5.26 Å². The highest BCUT2D eigenvalue weighted by molar-refractivity contribution is 6.03. The van der Waals surface area contributed by atoms with Crippen molar-refractivity contribution in [1.82, 2.24) is 4.98 Å². The van der Waals surface area contributed by atoms with Crippen LogP contribution in [0.2, 0.25) is 0 Å². The maximum atomic E-state index is 12.5. The van der Waals surface area contributed by atoms with E-state index in [1.807, 2.05) is 32.0 Å². The molecule has 0 spiro atoms. The van der Waals surface area contributed by atoms with E-state index in [9.17, 15) is 10.1 Å². The van der Waals surface area contributed by atoms with E-state index < -0.39 is 5.92 Å². The van der Waals surface area contributed by atoms with Gasteiger partial charge in [-0.1, -0.05) is 23.8 Å². The molecule has 0 amide bonds. The molecule has 0 aliphatic carbocycles. The SMILES string of the molecule is Cc1ccc(C)c(C(=O)C(C#N)c2cccnc2)c1. The lowest BCUT2D eigenvalue weighted by Crippen LogP contribution is -2.13. The molecule has 1 heterocycles. The zero-order valence-electron chi connectivity index (χ0n) is 10.9. The number of carbonyl (C=O) groups excluding carboxylic acids is 1. The average Bonchev–Trinajstić information content (AvgIpc) is 2.43. The van der Waals surface area contributed by atoms with Crippen LogP contribution in [0.4, 0.5) is 0 Å². The Morgan fingerprint density at radius 1 is 1.32 bits per heavy atom. The number of ketones is 1. The molecule has 1 unspecified atom stereocenters. The Morgan fingerprint density at radius 3 is 2.74 bits per heavy atom. The first kappa shape index (κ1) is 13.0. The van der Waals surface area contributed by atoms with Crippen molar-refractivity contribution in [3.63, 3.8) is 0 Å². The van der Waals surface area contributed by atoms with Gasteiger partial charge in [-0.15, -0.1) is 0 Å². The fraction of sp³-hybridized carbons (Fsp3) is 0.188. The third-order valence-corrected chi connectivity index (χ3v) is 3.07. The van der Waals surface area contributed by atoms with Crippen LogP contribution in [0.25, 0.3) is 0 Å². The molecule has 0 aliphatic heterocycles. The van der Waals surface area contributed by atoms with E-state index >= 15 is 0 Å². The molecule has 1 atom stereocenters. The van der Waals surface area contributed by atoms with Crippen LogP contribution < -0.4 is 0 Å². The van der Waals surface area contributed by atoms with E-state index in [2.05, 4.69) is 11.1 Å². The molecular formula is C16H14N2O. The molecular weight excluding hydrogens is 236 g/mol. The minimum atomic E-state index is -0.797. The second kappa shape index (κ2) is 5.45. The Hall–Kier alpha value is -2.47. The average molecular weight is 250 g/mol. The van der Waals surface area contributed by atoms with Crippen molar-refractivity contribution < 1.29 is 4.79 Å². The minimum absolute atomic E-state index is 0.170. The fourth-order valence-electron chi connectivity index (χ4n) is 1.99. The van der Waals surface area contributed by atoms with E-state index in [1.54, 1.807) is 24.5 Å². The number of hydrogen-bond acceptors (Lipinski definition) is 3. The first-order valence-electron chi connectivity index (χ1n) is 6.04. The Bertz CT molecular complexity index is 642. The van der Waals surface area contributed by atoms with Gasteiger partial charge in [0, 0.05) is 18.0 Å². The standard InChI is InChI=1S/C16H14N2O/c1-11-5-6-12(2)14(8-11)16(19)15(9-17)13-4-3-7-18-10-13/h3-8,10,15H,1-2H3. The van der Waals surface area contributed by atoms with Crippen LogP contribution >= 0.6 is 0 Å². The number of rotatable bonds is 3. The molecule has 0 saturated carbocycles. The lowest BCUT2D eigenvalue weighted by Gasteiger charge is -2.11. The highest BCUT2D eigenvalue weighted by Gasteiger charge is 2.23. The predicted octanol–water partition coefficient (Wildman–Crippen LogP) is 3.19. The first-order valence-corrected chi connectivity index (χ1v) is 6.04. The van der Waals surface area contributed by atoms with Crippen LogP contribution in [0, 0.1) is 25.2 Å². The smallest absolute Gasteiger partial charge is 0.184 e. The number of Topliss-reactive ketones (excluding diaryl/α,β-unsaturated/α-hetero) is 1. The van der Waals surface area contributed by atoms with Crippen molar-refractivity contribution in [2.24, 2.45) is 0 Å². The molecule has 0 N–H and O–H groups in total. The number of nitriles is 1. The summed E-state index contributed by atoms with van der Waals surface area (Å²) in [5, 5.41) is 9.27. The molecule has 0 radical (unpaired) electrons. The summed E-state index contributed by atoms with van der Waals surface area (Å²) in [4.78, 5) is 16.5. The Kier molecular flexibility index (Phi) is 3.72. The maximum Gasteiger partial charge on any atom is 0.184 e. The lowest BCUT2D eigenvalue weighted by molar-refractivity contribution is 0.0978. The summed E-state index contributed by atoms with van der Waals surface area (Å²) in [6.45, 7) is 3.81. The van der Waals surface area contributed by atoms with Crippen molar-refractivity contribution in [3.05, 3.63) is 65.0 Å². The molecule has 0 fully saturated rings. The van der Waals surface area contributed by atoms with Gasteiger partial charge in [0.1, 0.15) is 5.92 Å². The molecule has 94 valence electrons. The number of hydrogen-bond donors (Lipinski definition) is 0. The third kappa shape index (κ3) is 2.69. The molecule has 3 nitrogen and oxygen atoms in total. The van der Waals surface area contributed by atoms with Gasteiger partial charge in [0.05, 0.1) is 6.07 Å². The van der Waals surface area contributed by atoms with Gasteiger partial charge in [-0.05, 0) is 37.1 Å². The molecule has 3 heteroatoms. The largest absolute Gasteiger partial charge is 0.292 e. The van der Waals surface area contributed by atoms with Crippen LogP contribution in [-0.4, -0.2) is 10.8 Å². The third-order valence-electron chi connectivity index (χ3n) is 3.07. The van der Waals surface area contributed by atoms with Crippen LogP contribution in [0.3, 0.4) is 0 Å². The molecule has 1 aromatic carbocycles. The van der Waals surface area contributed by atoms with Crippen molar-refractivity contribution in [3.8, 4) is 6.07 Å².